The van der Waals surface area contributed by atoms with Crippen molar-refractivity contribution >= 4 is 11.6 Å². The smallest absolute Gasteiger partial charge is 0.262 e. The summed E-state index contributed by atoms with van der Waals surface area (Å²) >= 11 is 0. The van der Waals surface area contributed by atoms with E-state index in [1.807, 2.05) is 0 Å². The fourth-order valence-corrected chi connectivity index (χ4v) is 1.72. The average Bonchev–Trinajstić information content (AvgIpc) is 2.42. The molecule has 20 heavy (non-hydrogen) atoms. The number of amides is 1. The summed E-state index contributed by atoms with van der Waals surface area (Å²) in [6, 6.07) is 3.73. The molecule has 1 amide bonds. The third-order valence-corrected chi connectivity index (χ3v) is 2.83. The normalized spacial score (nSPS) is 10.2. The van der Waals surface area contributed by atoms with Crippen LogP contribution in [-0.2, 0) is 0 Å². The molecular formula is C13H19N3O4. The Hall–Kier alpha value is -2.15. The SMILES string of the molecule is CCCC[NH2+]CCNC(=O)c1cccc([N+](=O)[O-])c1[O-]. The highest BCUT2D eigenvalue weighted by Gasteiger charge is 2.14. The summed E-state index contributed by atoms with van der Waals surface area (Å²) in [6.45, 7) is 4.24. The summed E-state index contributed by atoms with van der Waals surface area (Å²) in [7, 11) is 0. The monoisotopic (exact) mass is 281 g/mol. The molecule has 0 aliphatic heterocycles. The number of benzene rings is 1. The maximum Gasteiger partial charge on any atom is 0.262 e. The second kappa shape index (κ2) is 8.11. The van der Waals surface area contributed by atoms with E-state index in [-0.39, 0.29) is 5.56 Å². The van der Waals surface area contributed by atoms with Crippen molar-refractivity contribution in [1.29, 1.82) is 0 Å². The van der Waals surface area contributed by atoms with Crippen LogP contribution in [0.5, 0.6) is 5.75 Å². The van der Waals surface area contributed by atoms with E-state index in [0.29, 0.717) is 6.54 Å². The van der Waals surface area contributed by atoms with Crippen LogP contribution in [0, 0.1) is 10.1 Å². The van der Waals surface area contributed by atoms with Crippen LogP contribution in [0.1, 0.15) is 30.1 Å². The number of nitrogens with zero attached hydrogens (tertiary/aromatic N) is 1. The number of para-hydroxylation sites is 1. The summed E-state index contributed by atoms with van der Waals surface area (Å²) in [5.41, 5.74) is -0.764. The Morgan fingerprint density at radius 2 is 2.15 bits per heavy atom. The molecule has 1 aromatic carbocycles. The Labute approximate surface area is 117 Å². The van der Waals surface area contributed by atoms with E-state index in [2.05, 4.69) is 17.6 Å². The molecule has 0 atom stereocenters. The molecule has 1 aromatic rings. The van der Waals surface area contributed by atoms with Crippen molar-refractivity contribution < 1.29 is 20.1 Å². The van der Waals surface area contributed by atoms with Crippen LogP contribution < -0.4 is 15.7 Å². The zero-order chi connectivity index (χ0) is 15.0. The predicted octanol–water partition coefficient (Wildman–Crippen LogP) is -0.238. The lowest BCUT2D eigenvalue weighted by Crippen LogP contribution is -2.85. The highest BCUT2D eigenvalue weighted by Crippen LogP contribution is 2.26. The molecule has 0 unspecified atom stereocenters. The molecule has 0 radical (unpaired) electrons. The van der Waals surface area contributed by atoms with E-state index in [1.165, 1.54) is 12.1 Å². The molecule has 7 heteroatoms. The third kappa shape index (κ3) is 4.51. The van der Waals surface area contributed by atoms with Crippen LogP contribution in [-0.4, -0.2) is 30.5 Å². The first-order chi connectivity index (χ1) is 9.57. The summed E-state index contributed by atoms with van der Waals surface area (Å²) in [5.74, 6) is -1.41. The van der Waals surface area contributed by atoms with Crippen molar-refractivity contribution in [2.45, 2.75) is 19.8 Å². The van der Waals surface area contributed by atoms with Crippen molar-refractivity contribution in [3.63, 3.8) is 0 Å². The summed E-state index contributed by atoms with van der Waals surface area (Å²) in [5, 5.41) is 27.0. The lowest BCUT2D eigenvalue weighted by molar-refractivity contribution is -0.653. The molecule has 0 saturated heterocycles. The van der Waals surface area contributed by atoms with Crippen molar-refractivity contribution in [1.82, 2.24) is 5.32 Å². The number of nitrogens with two attached hydrogens (primary N) is 1. The Balaban J connectivity index is 2.52. The van der Waals surface area contributed by atoms with Crippen molar-refractivity contribution in [2.24, 2.45) is 0 Å². The number of nitro benzene ring substituents is 1. The Kier molecular flexibility index (Phi) is 6.45. The van der Waals surface area contributed by atoms with E-state index >= 15 is 0 Å². The predicted molar refractivity (Wildman–Crippen MR) is 71.4 cm³/mol. The molecule has 0 fully saturated rings. The molecule has 0 heterocycles. The zero-order valence-corrected chi connectivity index (χ0v) is 11.4. The minimum atomic E-state index is -0.843. The number of quaternary nitrogens is 1. The number of hydrogen-bond donors (Lipinski definition) is 2. The fourth-order valence-electron chi connectivity index (χ4n) is 1.72. The number of rotatable bonds is 8. The topological polar surface area (TPSA) is 112 Å². The summed E-state index contributed by atoms with van der Waals surface area (Å²) in [6.07, 6.45) is 2.24. The Morgan fingerprint density at radius 3 is 2.80 bits per heavy atom. The van der Waals surface area contributed by atoms with Gasteiger partial charge < -0.3 is 15.7 Å². The number of unbranched alkanes of at least 4 members (excludes halogenated alkanes) is 1. The first-order valence-electron chi connectivity index (χ1n) is 6.62. The molecule has 1 rings (SSSR count). The van der Waals surface area contributed by atoms with Gasteiger partial charge in [0.2, 0.25) is 0 Å². The summed E-state index contributed by atoms with van der Waals surface area (Å²) in [4.78, 5) is 21.6. The lowest BCUT2D eigenvalue weighted by atomic mass is 10.1. The summed E-state index contributed by atoms with van der Waals surface area (Å²) < 4.78 is 0. The highest BCUT2D eigenvalue weighted by atomic mass is 16.6. The lowest BCUT2D eigenvalue weighted by Gasteiger charge is -2.13. The van der Waals surface area contributed by atoms with Gasteiger partial charge in [0.25, 0.3) is 11.6 Å². The number of nitro groups is 1. The minimum Gasteiger partial charge on any atom is -0.867 e. The van der Waals surface area contributed by atoms with Gasteiger partial charge in [-0.2, -0.15) is 0 Å². The molecule has 7 nitrogen and oxygen atoms in total. The molecule has 0 aromatic heterocycles. The maximum absolute atomic E-state index is 11.8. The molecule has 0 spiro atoms. The molecular weight excluding hydrogens is 262 g/mol. The molecule has 0 saturated carbocycles. The quantitative estimate of drug-likeness (QED) is 0.389. The van der Waals surface area contributed by atoms with Gasteiger partial charge in [-0.3, -0.25) is 14.9 Å². The number of nitrogens with one attached hydrogen (secondary N) is 1. The maximum atomic E-state index is 11.8. The Morgan fingerprint density at radius 1 is 1.40 bits per heavy atom. The molecule has 0 bridgehead atoms. The van der Waals surface area contributed by atoms with Crippen LogP contribution in [0.3, 0.4) is 0 Å². The van der Waals surface area contributed by atoms with Crippen LogP contribution in [0.2, 0.25) is 0 Å². The molecule has 3 N–H and O–H groups in total. The standard InChI is InChI=1S/C13H19N3O4/c1-2-3-7-14-8-9-15-13(18)10-5-4-6-11(12(10)17)16(19)20/h4-6,14,17H,2-3,7-9H2,1H3,(H,15,18). The van der Waals surface area contributed by atoms with Crippen molar-refractivity contribution in [3.05, 3.63) is 33.9 Å². The van der Waals surface area contributed by atoms with Gasteiger partial charge in [0, 0.05) is 11.6 Å². The van der Waals surface area contributed by atoms with Crippen LogP contribution in [0.15, 0.2) is 18.2 Å². The van der Waals surface area contributed by atoms with Gasteiger partial charge in [0.15, 0.2) is 0 Å². The average molecular weight is 281 g/mol. The van der Waals surface area contributed by atoms with E-state index in [4.69, 9.17) is 0 Å². The number of carbonyl (C=O) groups is 1. The minimum absolute atomic E-state index is 0.187. The van der Waals surface area contributed by atoms with Gasteiger partial charge in [-0.15, -0.1) is 0 Å². The Bertz CT molecular complexity index is 477. The van der Waals surface area contributed by atoms with Gasteiger partial charge in [-0.1, -0.05) is 19.4 Å². The first-order valence-corrected chi connectivity index (χ1v) is 6.62. The van der Waals surface area contributed by atoms with Gasteiger partial charge in [0.05, 0.1) is 24.6 Å². The van der Waals surface area contributed by atoms with Gasteiger partial charge in [0.1, 0.15) is 0 Å². The molecule has 0 aliphatic rings. The van der Waals surface area contributed by atoms with Crippen LogP contribution >= 0.6 is 0 Å². The van der Waals surface area contributed by atoms with Crippen molar-refractivity contribution in [2.75, 3.05) is 19.6 Å². The van der Waals surface area contributed by atoms with Crippen LogP contribution in [0.4, 0.5) is 5.69 Å². The second-order valence-corrected chi connectivity index (χ2v) is 4.39. The van der Waals surface area contributed by atoms with E-state index in [1.54, 1.807) is 0 Å². The number of carbonyl (C=O) groups excluding carboxylic acids is 1. The second-order valence-electron chi connectivity index (χ2n) is 4.39. The first kappa shape index (κ1) is 15.9. The fraction of sp³-hybridized carbons (Fsp3) is 0.462. The highest BCUT2D eigenvalue weighted by molar-refractivity contribution is 5.97. The largest absolute Gasteiger partial charge is 0.867 e. The van der Waals surface area contributed by atoms with E-state index < -0.39 is 22.3 Å². The van der Waals surface area contributed by atoms with Crippen molar-refractivity contribution in [3.8, 4) is 5.75 Å². The zero-order valence-electron chi connectivity index (χ0n) is 11.4. The number of hydrogen-bond acceptors (Lipinski definition) is 4. The van der Waals surface area contributed by atoms with E-state index in [0.717, 1.165) is 32.0 Å². The van der Waals surface area contributed by atoms with Crippen LogP contribution in [0.25, 0.3) is 0 Å². The van der Waals surface area contributed by atoms with Gasteiger partial charge >= 0.3 is 0 Å². The molecule has 0 aliphatic carbocycles. The van der Waals surface area contributed by atoms with E-state index in [9.17, 15) is 20.0 Å². The van der Waals surface area contributed by atoms with Gasteiger partial charge in [-0.25, -0.2) is 0 Å². The van der Waals surface area contributed by atoms with Gasteiger partial charge in [-0.05, 0) is 18.2 Å². The molecule has 110 valence electrons. The third-order valence-electron chi connectivity index (χ3n) is 2.83.